The summed E-state index contributed by atoms with van der Waals surface area (Å²) < 4.78 is 0. The molecule has 23 unspecified atom stereocenters. The van der Waals surface area contributed by atoms with Crippen molar-refractivity contribution < 1.29 is 43.2 Å². The molecular formula is C120H190O9. The molecule has 9 nitrogen and oxygen atoms in total. The second kappa shape index (κ2) is 50.0. The molecule has 8 saturated carbocycles. The fourth-order valence-electron chi connectivity index (χ4n) is 29.7. The first kappa shape index (κ1) is 105. The molecule has 8 fully saturated rings. The molecule has 2 aromatic rings. The average Bonchev–Trinajstić information content (AvgIpc) is 0.788. The summed E-state index contributed by atoms with van der Waals surface area (Å²) in [5, 5.41) is 0. The van der Waals surface area contributed by atoms with E-state index in [1.807, 2.05) is 32.0 Å². The van der Waals surface area contributed by atoms with Crippen molar-refractivity contribution >= 4 is 52.0 Å². The van der Waals surface area contributed by atoms with Gasteiger partial charge in [-0.1, -0.05) is 281 Å². The number of unbranched alkanes of at least 4 members (excludes halogenated alkanes) is 5. The predicted molar refractivity (Wildman–Crippen MR) is 532 cm³/mol. The Balaban J connectivity index is 0.861. The molecule has 26 atom stereocenters. The van der Waals surface area contributed by atoms with Crippen LogP contribution in [0.2, 0.25) is 0 Å². The summed E-state index contributed by atoms with van der Waals surface area (Å²) in [5.74, 6) is 7.55. The van der Waals surface area contributed by atoms with Crippen LogP contribution in [0.25, 0.3) is 0 Å². The van der Waals surface area contributed by atoms with E-state index < -0.39 is 17.3 Å². The minimum atomic E-state index is -0.688. The fourth-order valence-corrected chi connectivity index (χ4v) is 29.7. The number of Topliss-reactive ketones (excluding diaryl/α,β-unsaturated/α-hetero) is 9. The van der Waals surface area contributed by atoms with Crippen LogP contribution < -0.4 is 0 Å². The zero-order valence-electron chi connectivity index (χ0n) is 85.5. The van der Waals surface area contributed by atoms with Crippen LogP contribution in [0.3, 0.4) is 0 Å². The van der Waals surface area contributed by atoms with E-state index in [-0.39, 0.29) is 130 Å². The smallest absolute Gasteiger partial charge is 0.144 e. The second-order valence-corrected chi connectivity index (χ2v) is 49.8. The standard InChI is InChI=1S/C120H190O9/c1-18-19-20-25-45-102-85(14)64-107(79(6)7)113(125)71-95(66-91-51-54-101-83(12)38-36-48-103(91)101)84(13)63-92(44-32-35-57-119(15,16)17)109(121)56-53-87(49-50-94(117(102)128)60-77(2)3)111(123)72-99(65-86-39-23-21-24-40-86)116-105-47-31-29-43-90(105)67-97-69-93(52-55-106(97)116)114(126)76-120(58-33-22-34-59-120)115(127)74-88(41-27-26-37-82(11)78(4)5)96-61-81(10)62-98(70-96)112(124)73-100-68-89-42-28-30-46-104(89)108(118(100)129)75-110(122)80(8)9/h21,23-24,28,30,39-40,42,46,77-85,87-88,90-103,105-108,116H,18-20,22,25-27,29,31-38,41,43-45,47-76H2,1-17H3/t81?,82?,83?,84?,85?,87?,88?,90?,91?,92-,93?,94?,95-,96?,97?,98?,99?,100?,101?,102?,103?,105?,106?,107+,108?,116?/m1/s1. The highest BCUT2D eigenvalue weighted by Gasteiger charge is 2.54. The van der Waals surface area contributed by atoms with Gasteiger partial charge in [-0.15, -0.1) is 0 Å². The van der Waals surface area contributed by atoms with Gasteiger partial charge < -0.3 is 0 Å². The third kappa shape index (κ3) is 29.3. The Labute approximate surface area is 788 Å². The van der Waals surface area contributed by atoms with Crippen LogP contribution in [0.4, 0.5) is 0 Å². The van der Waals surface area contributed by atoms with Crippen molar-refractivity contribution in [2.45, 2.75) is 445 Å². The number of fused-ring (bicyclic) bond motifs is 4. The van der Waals surface area contributed by atoms with E-state index in [1.165, 1.54) is 63.4 Å². The molecule has 0 saturated heterocycles. The van der Waals surface area contributed by atoms with Crippen molar-refractivity contribution in [1.29, 1.82) is 0 Å². The van der Waals surface area contributed by atoms with E-state index in [4.69, 9.17) is 0 Å². The summed E-state index contributed by atoms with van der Waals surface area (Å²) in [6.45, 7) is 38.7. The van der Waals surface area contributed by atoms with Gasteiger partial charge in [0, 0.05) is 104 Å². The molecule has 9 aliphatic rings. The number of carbonyl (C=O) groups is 9. The summed E-state index contributed by atoms with van der Waals surface area (Å²) in [7, 11) is 0. The molecular weight excluding hydrogens is 1590 g/mol. The molecule has 9 aliphatic carbocycles. The Morgan fingerprint density at radius 3 is 1.91 bits per heavy atom. The summed E-state index contributed by atoms with van der Waals surface area (Å²) in [5.41, 5.74) is 2.81. The van der Waals surface area contributed by atoms with Crippen LogP contribution in [-0.4, -0.2) is 52.0 Å². The van der Waals surface area contributed by atoms with E-state index in [1.54, 1.807) is 0 Å². The first-order valence-electron chi connectivity index (χ1n) is 55.5. The number of carbonyl (C=O) groups excluding carboxylic acids is 9. The Kier molecular flexibility index (Phi) is 40.7. The van der Waals surface area contributed by atoms with Gasteiger partial charge in [-0.2, -0.15) is 0 Å². The third-order valence-electron chi connectivity index (χ3n) is 37.8. The lowest BCUT2D eigenvalue weighted by atomic mass is 9.50. The van der Waals surface area contributed by atoms with Gasteiger partial charge in [-0.05, 0) is 307 Å². The van der Waals surface area contributed by atoms with Gasteiger partial charge in [0.25, 0.3) is 0 Å². The van der Waals surface area contributed by atoms with Crippen molar-refractivity contribution in [2.75, 3.05) is 0 Å². The van der Waals surface area contributed by atoms with Crippen molar-refractivity contribution in [3.05, 3.63) is 71.3 Å². The molecule has 129 heavy (non-hydrogen) atoms. The Bertz CT molecular complexity index is 3860. The highest BCUT2D eigenvalue weighted by Crippen LogP contribution is 2.60. The van der Waals surface area contributed by atoms with Gasteiger partial charge in [0.05, 0.1) is 5.92 Å². The molecule has 11 rings (SSSR count). The topological polar surface area (TPSA) is 154 Å². The Morgan fingerprint density at radius 1 is 0.496 bits per heavy atom. The number of benzene rings is 2. The Morgan fingerprint density at radius 2 is 1.19 bits per heavy atom. The molecule has 0 aromatic heterocycles. The minimum absolute atomic E-state index is 0.0374. The van der Waals surface area contributed by atoms with Gasteiger partial charge in [0.2, 0.25) is 0 Å². The number of hydrogen-bond donors (Lipinski definition) is 0. The van der Waals surface area contributed by atoms with Crippen LogP contribution in [0.15, 0.2) is 54.6 Å². The average molecular weight is 1780 g/mol. The summed E-state index contributed by atoms with van der Waals surface area (Å²) in [6.07, 6.45) is 44.6. The van der Waals surface area contributed by atoms with Crippen molar-refractivity contribution in [3.8, 4) is 0 Å². The van der Waals surface area contributed by atoms with Crippen molar-refractivity contribution in [2.24, 2.45) is 182 Å². The molecule has 0 radical (unpaired) electrons. The maximum absolute atomic E-state index is 16.8. The van der Waals surface area contributed by atoms with Gasteiger partial charge >= 0.3 is 0 Å². The van der Waals surface area contributed by atoms with Crippen LogP contribution >= 0.6 is 0 Å². The maximum Gasteiger partial charge on any atom is 0.144 e. The van der Waals surface area contributed by atoms with Gasteiger partial charge in [-0.3, -0.25) is 43.2 Å². The molecule has 0 N–H and O–H groups in total. The third-order valence-corrected chi connectivity index (χ3v) is 37.8. The zero-order chi connectivity index (χ0) is 93.0. The molecule has 0 heterocycles. The monoisotopic (exact) mass is 1780 g/mol. The van der Waals surface area contributed by atoms with E-state index in [2.05, 4.69) is 140 Å². The van der Waals surface area contributed by atoms with E-state index >= 15 is 33.6 Å². The molecule has 0 amide bonds. The quantitative estimate of drug-likeness (QED) is 0.0595. The largest absolute Gasteiger partial charge is 0.299 e. The molecule has 724 valence electrons. The fraction of sp³-hybridized carbons (Fsp3) is 0.825. The molecule has 2 aromatic carbocycles. The normalized spacial score (nSPS) is 33.1. The summed E-state index contributed by atoms with van der Waals surface area (Å²) in [4.78, 5) is 140. The zero-order valence-corrected chi connectivity index (χ0v) is 85.5. The van der Waals surface area contributed by atoms with Crippen molar-refractivity contribution in [3.63, 3.8) is 0 Å². The highest BCUT2D eigenvalue weighted by atomic mass is 16.2. The van der Waals surface area contributed by atoms with Crippen LogP contribution in [0.5, 0.6) is 0 Å². The highest BCUT2D eigenvalue weighted by molar-refractivity contribution is 5.98. The first-order valence-corrected chi connectivity index (χ1v) is 55.5. The summed E-state index contributed by atoms with van der Waals surface area (Å²) >= 11 is 0. The van der Waals surface area contributed by atoms with Crippen LogP contribution in [0.1, 0.15) is 449 Å². The van der Waals surface area contributed by atoms with Crippen LogP contribution in [-0.2, 0) is 56.0 Å². The second-order valence-electron chi connectivity index (χ2n) is 49.8. The Hall–Kier alpha value is -4.53. The lowest BCUT2D eigenvalue weighted by molar-refractivity contribution is -0.140. The van der Waals surface area contributed by atoms with Crippen molar-refractivity contribution in [1.82, 2.24) is 0 Å². The molecule has 0 aliphatic heterocycles. The SMILES string of the molecule is CCCCCCC1C(=O)C(CC(C)C)CCC(C(=O)CC(Cc2ccccc2)C2C3CCCCC3CC3CC(C(=O)CC4(C(=O)CC(CCCCC(C)C(C)C)C5CC(C)CC(C(=O)CC6Cc7ccccc7C(CC(=O)C(C)C)C6=O)C5)CCCCC4)CCC32)CCC(=O)[C@H](CCCCC(C)(C)C)CC(C)[C@H](CC2CCC3C(C)CCCC23)CC(=O)[C@H](C(C)C)CC1C. The van der Waals surface area contributed by atoms with Gasteiger partial charge in [-0.25, -0.2) is 0 Å². The lowest BCUT2D eigenvalue weighted by Crippen LogP contribution is -2.49. The minimum Gasteiger partial charge on any atom is -0.299 e. The molecule has 0 bridgehead atoms. The number of ketones is 9. The van der Waals surface area contributed by atoms with E-state index in [0.29, 0.717) is 146 Å². The lowest BCUT2D eigenvalue weighted by Gasteiger charge is -2.55. The van der Waals surface area contributed by atoms with Gasteiger partial charge in [0.15, 0.2) is 0 Å². The predicted octanol–water partition coefficient (Wildman–Crippen LogP) is 30.7. The van der Waals surface area contributed by atoms with Gasteiger partial charge in [0.1, 0.15) is 52.0 Å². The van der Waals surface area contributed by atoms with Crippen LogP contribution in [0, 0.1) is 182 Å². The summed E-state index contributed by atoms with van der Waals surface area (Å²) in [6, 6.07) is 19.1. The first-order chi connectivity index (χ1) is 61.6. The molecule has 0 spiro atoms. The van der Waals surface area contributed by atoms with E-state index in [9.17, 15) is 9.59 Å². The number of hydrogen-bond acceptors (Lipinski definition) is 9. The maximum atomic E-state index is 16.8. The number of rotatable bonds is 39. The van der Waals surface area contributed by atoms with E-state index in [0.717, 1.165) is 222 Å². The molecule has 9 heteroatoms.